The van der Waals surface area contributed by atoms with E-state index in [9.17, 15) is 0 Å². The SMILES string of the molecule is CNCc1cc(C)nc(-n2ncc3ccccc32)c1. The molecule has 4 heteroatoms. The fourth-order valence-electron chi connectivity index (χ4n) is 2.29. The van der Waals surface area contributed by atoms with Crippen LogP contribution >= 0.6 is 0 Å². The zero-order valence-corrected chi connectivity index (χ0v) is 11.1. The fraction of sp³-hybridized carbons (Fsp3) is 0.200. The largest absolute Gasteiger partial charge is 0.316 e. The number of para-hydroxylation sites is 1. The Morgan fingerprint density at radius 1 is 1.21 bits per heavy atom. The third-order valence-electron chi connectivity index (χ3n) is 3.07. The van der Waals surface area contributed by atoms with Crippen LogP contribution in [-0.2, 0) is 6.54 Å². The van der Waals surface area contributed by atoms with E-state index in [0.29, 0.717) is 0 Å². The van der Waals surface area contributed by atoms with Gasteiger partial charge in [-0.25, -0.2) is 9.67 Å². The number of hydrogen-bond acceptors (Lipinski definition) is 3. The van der Waals surface area contributed by atoms with Crippen molar-refractivity contribution in [2.24, 2.45) is 0 Å². The fourth-order valence-corrected chi connectivity index (χ4v) is 2.29. The standard InChI is InChI=1S/C15H16N4/c1-11-7-12(9-16-2)8-15(18-11)19-14-6-4-3-5-13(14)10-17-19/h3-8,10,16H,9H2,1-2H3. The second-order valence-electron chi connectivity index (χ2n) is 4.62. The van der Waals surface area contributed by atoms with Crippen LogP contribution in [0.3, 0.4) is 0 Å². The number of pyridine rings is 1. The van der Waals surface area contributed by atoms with Gasteiger partial charge < -0.3 is 5.32 Å². The molecule has 0 unspecified atom stereocenters. The van der Waals surface area contributed by atoms with Crippen molar-refractivity contribution in [1.82, 2.24) is 20.1 Å². The molecule has 2 heterocycles. The predicted molar refractivity (Wildman–Crippen MR) is 76.4 cm³/mol. The van der Waals surface area contributed by atoms with Gasteiger partial charge in [-0.05, 0) is 37.7 Å². The maximum absolute atomic E-state index is 4.58. The van der Waals surface area contributed by atoms with Crippen molar-refractivity contribution in [2.45, 2.75) is 13.5 Å². The quantitative estimate of drug-likeness (QED) is 0.778. The van der Waals surface area contributed by atoms with E-state index in [2.05, 4.69) is 39.7 Å². The van der Waals surface area contributed by atoms with Gasteiger partial charge in [-0.2, -0.15) is 5.10 Å². The monoisotopic (exact) mass is 252 g/mol. The van der Waals surface area contributed by atoms with Crippen molar-refractivity contribution in [1.29, 1.82) is 0 Å². The van der Waals surface area contributed by atoms with E-state index in [-0.39, 0.29) is 0 Å². The first-order valence-corrected chi connectivity index (χ1v) is 6.33. The summed E-state index contributed by atoms with van der Waals surface area (Å²) in [5, 5.41) is 8.73. The third kappa shape index (κ3) is 2.22. The van der Waals surface area contributed by atoms with Crippen LogP contribution in [0.4, 0.5) is 0 Å². The minimum Gasteiger partial charge on any atom is -0.316 e. The van der Waals surface area contributed by atoms with Crippen molar-refractivity contribution >= 4 is 10.9 Å². The molecule has 3 aromatic rings. The minimum atomic E-state index is 0.829. The number of nitrogens with zero attached hydrogens (tertiary/aromatic N) is 3. The Morgan fingerprint density at radius 2 is 2.05 bits per heavy atom. The second kappa shape index (κ2) is 4.82. The van der Waals surface area contributed by atoms with E-state index in [1.165, 1.54) is 5.56 Å². The molecule has 0 radical (unpaired) electrons. The van der Waals surface area contributed by atoms with Crippen molar-refractivity contribution in [3.05, 3.63) is 53.9 Å². The molecule has 96 valence electrons. The number of benzene rings is 1. The zero-order valence-electron chi connectivity index (χ0n) is 11.1. The maximum Gasteiger partial charge on any atom is 0.154 e. The molecule has 0 aliphatic carbocycles. The summed E-state index contributed by atoms with van der Waals surface area (Å²) in [6, 6.07) is 12.3. The van der Waals surface area contributed by atoms with Crippen LogP contribution in [-0.4, -0.2) is 21.8 Å². The lowest BCUT2D eigenvalue weighted by atomic mass is 10.2. The molecule has 0 aliphatic rings. The molecule has 3 rings (SSSR count). The molecule has 0 aliphatic heterocycles. The summed E-state index contributed by atoms with van der Waals surface area (Å²) in [5.74, 6) is 0.867. The molecule has 0 spiro atoms. The van der Waals surface area contributed by atoms with Gasteiger partial charge in [0.1, 0.15) is 0 Å². The molecule has 1 N–H and O–H groups in total. The first-order valence-electron chi connectivity index (χ1n) is 6.33. The Kier molecular flexibility index (Phi) is 3.01. The highest BCUT2D eigenvalue weighted by atomic mass is 15.3. The van der Waals surface area contributed by atoms with Gasteiger partial charge in [-0.15, -0.1) is 0 Å². The number of fused-ring (bicyclic) bond motifs is 1. The molecule has 0 amide bonds. The molecule has 0 atom stereocenters. The lowest BCUT2D eigenvalue weighted by Gasteiger charge is -2.07. The number of nitrogens with one attached hydrogen (secondary N) is 1. The molecule has 0 bridgehead atoms. The van der Waals surface area contributed by atoms with Gasteiger partial charge >= 0.3 is 0 Å². The van der Waals surface area contributed by atoms with E-state index in [1.807, 2.05) is 37.0 Å². The highest BCUT2D eigenvalue weighted by Gasteiger charge is 2.07. The van der Waals surface area contributed by atoms with Crippen molar-refractivity contribution < 1.29 is 0 Å². The van der Waals surface area contributed by atoms with Crippen LogP contribution in [0.25, 0.3) is 16.7 Å². The first-order chi connectivity index (χ1) is 9.28. The molecule has 1 aromatic carbocycles. The average molecular weight is 252 g/mol. The summed E-state index contributed by atoms with van der Waals surface area (Å²) in [6.07, 6.45) is 1.87. The predicted octanol–water partition coefficient (Wildman–Crippen LogP) is 2.45. The summed E-state index contributed by atoms with van der Waals surface area (Å²) in [4.78, 5) is 4.58. The van der Waals surface area contributed by atoms with Gasteiger partial charge in [0.25, 0.3) is 0 Å². The normalized spacial score (nSPS) is 11.1. The Balaban J connectivity index is 2.15. The molecular formula is C15H16N4. The van der Waals surface area contributed by atoms with Crippen molar-refractivity contribution in [3.8, 4) is 5.82 Å². The van der Waals surface area contributed by atoms with Gasteiger partial charge in [0, 0.05) is 17.6 Å². The average Bonchev–Trinajstić information content (AvgIpc) is 2.82. The molecule has 0 saturated carbocycles. The van der Waals surface area contributed by atoms with E-state index in [1.54, 1.807) is 0 Å². The lowest BCUT2D eigenvalue weighted by Crippen LogP contribution is -2.08. The Labute approximate surface area is 112 Å². The summed E-state index contributed by atoms with van der Waals surface area (Å²) in [6.45, 7) is 2.84. The summed E-state index contributed by atoms with van der Waals surface area (Å²) in [7, 11) is 1.94. The van der Waals surface area contributed by atoms with Crippen LogP contribution in [0.15, 0.2) is 42.6 Å². The van der Waals surface area contributed by atoms with Gasteiger partial charge in [0.2, 0.25) is 0 Å². The molecule has 2 aromatic heterocycles. The summed E-state index contributed by atoms with van der Waals surface area (Å²) < 4.78 is 1.89. The molecule has 19 heavy (non-hydrogen) atoms. The van der Waals surface area contributed by atoms with Crippen molar-refractivity contribution in [2.75, 3.05) is 7.05 Å². The van der Waals surface area contributed by atoms with Gasteiger partial charge in [0.05, 0.1) is 11.7 Å². The lowest BCUT2D eigenvalue weighted by molar-refractivity contribution is 0.802. The number of aromatic nitrogens is 3. The molecule has 4 nitrogen and oxygen atoms in total. The van der Waals surface area contributed by atoms with Crippen LogP contribution < -0.4 is 5.32 Å². The van der Waals surface area contributed by atoms with Gasteiger partial charge in [-0.1, -0.05) is 18.2 Å². The maximum atomic E-state index is 4.58. The Hall–Kier alpha value is -2.20. The summed E-state index contributed by atoms with van der Waals surface area (Å²) >= 11 is 0. The van der Waals surface area contributed by atoms with Gasteiger partial charge in [-0.3, -0.25) is 0 Å². The number of rotatable bonds is 3. The van der Waals surface area contributed by atoms with Crippen LogP contribution in [0.1, 0.15) is 11.3 Å². The van der Waals surface area contributed by atoms with Crippen LogP contribution in [0.2, 0.25) is 0 Å². The number of aryl methyl sites for hydroxylation is 1. The highest BCUT2D eigenvalue weighted by Crippen LogP contribution is 2.18. The van der Waals surface area contributed by atoms with Crippen LogP contribution in [0.5, 0.6) is 0 Å². The second-order valence-corrected chi connectivity index (χ2v) is 4.62. The molecule has 0 fully saturated rings. The third-order valence-corrected chi connectivity index (χ3v) is 3.07. The topological polar surface area (TPSA) is 42.7 Å². The summed E-state index contributed by atoms with van der Waals surface area (Å²) in [5.41, 5.74) is 3.29. The van der Waals surface area contributed by atoms with E-state index >= 15 is 0 Å². The highest BCUT2D eigenvalue weighted by molar-refractivity contribution is 5.79. The van der Waals surface area contributed by atoms with Crippen molar-refractivity contribution in [3.63, 3.8) is 0 Å². The van der Waals surface area contributed by atoms with E-state index in [0.717, 1.165) is 29.0 Å². The Morgan fingerprint density at radius 3 is 2.89 bits per heavy atom. The minimum absolute atomic E-state index is 0.829. The van der Waals surface area contributed by atoms with Crippen LogP contribution in [0, 0.1) is 6.92 Å². The zero-order chi connectivity index (χ0) is 13.2. The van der Waals surface area contributed by atoms with E-state index < -0.39 is 0 Å². The van der Waals surface area contributed by atoms with Gasteiger partial charge in [0.15, 0.2) is 5.82 Å². The smallest absolute Gasteiger partial charge is 0.154 e. The Bertz CT molecular complexity index is 715. The van der Waals surface area contributed by atoms with E-state index in [4.69, 9.17) is 0 Å². The molecular weight excluding hydrogens is 236 g/mol. The number of hydrogen-bond donors (Lipinski definition) is 1. The molecule has 0 saturated heterocycles. The first kappa shape index (κ1) is 11.9.